The van der Waals surface area contributed by atoms with Crippen molar-refractivity contribution in [3.63, 3.8) is 0 Å². The van der Waals surface area contributed by atoms with Gasteiger partial charge in [-0.3, -0.25) is 0 Å². The second-order valence-electron chi connectivity index (χ2n) is 8.20. The molecule has 0 amide bonds. The summed E-state index contributed by atoms with van der Waals surface area (Å²) in [6.45, 7) is 17.5. The molecule has 102 valence electrons. The Morgan fingerprint density at radius 1 is 1.24 bits per heavy atom. The Kier molecular flexibility index (Phi) is 4.52. The van der Waals surface area contributed by atoms with E-state index in [1.807, 2.05) is 0 Å². The molecule has 0 aromatic rings. The van der Waals surface area contributed by atoms with Crippen LogP contribution in [0.25, 0.3) is 0 Å². The highest BCUT2D eigenvalue weighted by molar-refractivity contribution is 6.74. The van der Waals surface area contributed by atoms with E-state index < -0.39 is 8.32 Å². The Morgan fingerprint density at radius 3 is 2.29 bits per heavy atom. The Morgan fingerprint density at radius 2 is 1.82 bits per heavy atom. The molecule has 1 aliphatic rings. The molecule has 17 heavy (non-hydrogen) atoms. The largest absolute Gasteiger partial charge is 0.417 e. The van der Waals surface area contributed by atoms with Gasteiger partial charge in [-0.15, -0.1) is 0 Å². The molecule has 1 fully saturated rings. The summed E-state index contributed by atoms with van der Waals surface area (Å²) in [6, 6.07) is 0. The van der Waals surface area contributed by atoms with Gasteiger partial charge < -0.3 is 4.43 Å². The standard InChI is InChI=1S/C15H32OSi/c1-14(2,3)17(6,7)16-12-13-9-8-10-15(4,5)11-13/h13H,8-12H2,1-7H3/t13-/m0/s1. The van der Waals surface area contributed by atoms with Crippen LogP contribution >= 0.6 is 0 Å². The van der Waals surface area contributed by atoms with Gasteiger partial charge in [-0.2, -0.15) is 0 Å². The van der Waals surface area contributed by atoms with Crippen LogP contribution in [0.15, 0.2) is 0 Å². The number of hydrogen-bond acceptors (Lipinski definition) is 1. The third kappa shape index (κ3) is 4.40. The summed E-state index contributed by atoms with van der Waals surface area (Å²) in [5.74, 6) is 0.799. The Hall–Kier alpha value is 0.177. The molecule has 0 bridgehead atoms. The molecule has 0 aromatic carbocycles. The molecular formula is C15H32OSi. The van der Waals surface area contributed by atoms with E-state index in [4.69, 9.17) is 4.43 Å². The van der Waals surface area contributed by atoms with Gasteiger partial charge in [-0.25, -0.2) is 0 Å². The van der Waals surface area contributed by atoms with E-state index in [0.717, 1.165) is 12.5 Å². The van der Waals surface area contributed by atoms with Gasteiger partial charge in [0.05, 0.1) is 0 Å². The second-order valence-corrected chi connectivity index (χ2v) is 13.0. The molecule has 0 saturated heterocycles. The Balaban J connectivity index is 2.46. The van der Waals surface area contributed by atoms with Crippen molar-refractivity contribution >= 4 is 8.32 Å². The van der Waals surface area contributed by atoms with E-state index in [9.17, 15) is 0 Å². The van der Waals surface area contributed by atoms with Crippen molar-refractivity contribution in [2.75, 3.05) is 6.61 Å². The van der Waals surface area contributed by atoms with Crippen LogP contribution in [0.5, 0.6) is 0 Å². The lowest BCUT2D eigenvalue weighted by Gasteiger charge is -2.40. The van der Waals surface area contributed by atoms with Crippen molar-refractivity contribution in [2.45, 2.75) is 78.4 Å². The van der Waals surface area contributed by atoms with Gasteiger partial charge in [0.1, 0.15) is 0 Å². The Bertz CT molecular complexity index is 250. The molecule has 1 saturated carbocycles. The molecule has 1 atom stereocenters. The van der Waals surface area contributed by atoms with Crippen molar-refractivity contribution < 1.29 is 4.43 Å². The zero-order chi connectivity index (χ0) is 13.3. The molecule has 0 radical (unpaired) electrons. The summed E-state index contributed by atoms with van der Waals surface area (Å²) >= 11 is 0. The lowest BCUT2D eigenvalue weighted by molar-refractivity contribution is 0.123. The lowest BCUT2D eigenvalue weighted by atomic mass is 9.72. The van der Waals surface area contributed by atoms with Crippen molar-refractivity contribution in [2.24, 2.45) is 11.3 Å². The molecule has 0 spiro atoms. The molecule has 2 heteroatoms. The fourth-order valence-electron chi connectivity index (χ4n) is 2.54. The van der Waals surface area contributed by atoms with Crippen molar-refractivity contribution in [3.05, 3.63) is 0 Å². The molecule has 0 aromatic heterocycles. The molecule has 0 unspecified atom stereocenters. The molecular weight excluding hydrogens is 224 g/mol. The number of rotatable bonds is 3. The molecule has 1 aliphatic carbocycles. The predicted octanol–water partition coefficient (Wildman–Crippen LogP) is 5.22. The SMILES string of the molecule is CC1(C)CCC[C@H](CO[Si](C)(C)C(C)(C)C)C1. The van der Waals surface area contributed by atoms with E-state index in [-0.39, 0.29) is 0 Å². The normalized spacial score (nSPS) is 25.9. The van der Waals surface area contributed by atoms with Crippen LogP contribution in [0.2, 0.25) is 18.1 Å². The fourth-order valence-corrected chi connectivity index (χ4v) is 3.63. The van der Waals surface area contributed by atoms with E-state index >= 15 is 0 Å². The lowest BCUT2D eigenvalue weighted by Crippen LogP contribution is -2.42. The zero-order valence-electron chi connectivity index (χ0n) is 13.0. The predicted molar refractivity (Wildman–Crippen MR) is 78.9 cm³/mol. The maximum Gasteiger partial charge on any atom is 0.191 e. The molecule has 0 aliphatic heterocycles. The van der Waals surface area contributed by atoms with Crippen molar-refractivity contribution in [1.29, 1.82) is 0 Å². The maximum atomic E-state index is 6.37. The number of hydrogen-bond donors (Lipinski definition) is 0. The van der Waals surface area contributed by atoms with Crippen molar-refractivity contribution in [1.82, 2.24) is 0 Å². The molecule has 1 nitrogen and oxygen atoms in total. The maximum absolute atomic E-state index is 6.37. The highest BCUT2D eigenvalue weighted by atomic mass is 28.4. The minimum Gasteiger partial charge on any atom is -0.417 e. The topological polar surface area (TPSA) is 9.23 Å². The third-order valence-electron chi connectivity index (χ3n) is 4.79. The van der Waals surface area contributed by atoms with Crippen LogP contribution in [0.4, 0.5) is 0 Å². The minimum absolute atomic E-state index is 0.344. The molecule has 0 heterocycles. The van der Waals surface area contributed by atoms with Crippen LogP contribution in [-0.2, 0) is 4.43 Å². The van der Waals surface area contributed by atoms with Gasteiger partial charge in [-0.1, -0.05) is 41.0 Å². The summed E-state index contributed by atoms with van der Waals surface area (Å²) in [5, 5.41) is 0.344. The first-order valence-corrected chi connectivity index (χ1v) is 10.1. The highest BCUT2D eigenvalue weighted by Gasteiger charge is 2.38. The first-order valence-electron chi connectivity index (χ1n) is 7.17. The van der Waals surface area contributed by atoms with Gasteiger partial charge in [0, 0.05) is 6.61 Å². The van der Waals surface area contributed by atoms with Crippen LogP contribution in [0, 0.1) is 11.3 Å². The average molecular weight is 257 g/mol. The van der Waals surface area contributed by atoms with Crippen LogP contribution < -0.4 is 0 Å². The van der Waals surface area contributed by atoms with Gasteiger partial charge >= 0.3 is 0 Å². The van der Waals surface area contributed by atoms with E-state index in [0.29, 0.717) is 10.5 Å². The van der Waals surface area contributed by atoms with Crippen LogP contribution in [0.3, 0.4) is 0 Å². The molecule has 1 rings (SSSR count). The molecule has 0 N–H and O–H groups in total. The fraction of sp³-hybridized carbons (Fsp3) is 1.00. The van der Waals surface area contributed by atoms with E-state index in [1.54, 1.807) is 0 Å². The van der Waals surface area contributed by atoms with Gasteiger partial charge in [0.25, 0.3) is 0 Å². The summed E-state index contributed by atoms with van der Waals surface area (Å²) in [4.78, 5) is 0. The van der Waals surface area contributed by atoms with Gasteiger partial charge in [-0.05, 0) is 48.7 Å². The smallest absolute Gasteiger partial charge is 0.191 e. The minimum atomic E-state index is -1.54. The van der Waals surface area contributed by atoms with Crippen LogP contribution in [0.1, 0.15) is 60.3 Å². The van der Waals surface area contributed by atoms with Gasteiger partial charge in [0.2, 0.25) is 0 Å². The second kappa shape index (κ2) is 5.04. The summed E-state index contributed by atoms with van der Waals surface area (Å²) < 4.78 is 6.37. The van der Waals surface area contributed by atoms with Crippen LogP contribution in [-0.4, -0.2) is 14.9 Å². The quantitative estimate of drug-likeness (QED) is 0.629. The summed E-state index contributed by atoms with van der Waals surface area (Å²) in [5.41, 5.74) is 0.541. The zero-order valence-corrected chi connectivity index (χ0v) is 14.0. The van der Waals surface area contributed by atoms with Crippen molar-refractivity contribution in [3.8, 4) is 0 Å². The van der Waals surface area contributed by atoms with E-state index in [1.165, 1.54) is 25.7 Å². The summed E-state index contributed by atoms with van der Waals surface area (Å²) in [6.07, 6.45) is 5.50. The highest BCUT2D eigenvalue weighted by Crippen LogP contribution is 2.41. The van der Waals surface area contributed by atoms with Gasteiger partial charge in [0.15, 0.2) is 8.32 Å². The third-order valence-corrected chi connectivity index (χ3v) is 9.29. The van der Waals surface area contributed by atoms with E-state index in [2.05, 4.69) is 47.7 Å². The average Bonchev–Trinajstić information content (AvgIpc) is 2.11. The first kappa shape index (κ1) is 15.2. The first-order chi connectivity index (χ1) is 7.54. The Labute approximate surface area is 109 Å². The summed E-state index contributed by atoms with van der Waals surface area (Å²) in [7, 11) is -1.54. The monoisotopic (exact) mass is 256 g/mol.